The Hall–Kier alpha value is -2.91. The first-order chi connectivity index (χ1) is 17.2. The molecule has 190 valence electrons. The van der Waals surface area contributed by atoms with E-state index in [0.717, 1.165) is 12.5 Å². The molecule has 5 nitrogen and oxygen atoms in total. The molecule has 2 aromatic heterocycles. The largest absolute Gasteiger partial charge is 0.433 e. The number of hydrogen-bond acceptors (Lipinski definition) is 5. The summed E-state index contributed by atoms with van der Waals surface area (Å²) < 4.78 is 39.8. The molecule has 0 radical (unpaired) electrons. The number of anilines is 1. The summed E-state index contributed by atoms with van der Waals surface area (Å²) in [6.07, 6.45) is -0.141. The average Bonchev–Trinajstić information content (AvgIpc) is 3.35. The molecule has 5 rings (SSSR count). The van der Waals surface area contributed by atoms with E-state index < -0.39 is 11.9 Å². The zero-order chi connectivity index (χ0) is 25.4. The number of aromatic nitrogens is 1. The lowest BCUT2D eigenvalue weighted by atomic mass is 9.98. The van der Waals surface area contributed by atoms with E-state index in [2.05, 4.69) is 59.5 Å². The minimum atomic E-state index is -4.44. The van der Waals surface area contributed by atoms with Crippen molar-refractivity contribution < 1.29 is 18.0 Å². The van der Waals surface area contributed by atoms with Crippen LogP contribution in [0.5, 0.6) is 0 Å². The number of alkyl halides is 3. The Morgan fingerprint density at radius 1 is 1.11 bits per heavy atom. The van der Waals surface area contributed by atoms with Gasteiger partial charge in [-0.3, -0.25) is 9.69 Å². The standard InChI is InChI=1S/C27H29F3N4OS/c1-18-15-33(22-6-7-24(31-14-22)27(28,29)30)16-19(2)34(18)17-25(35)32-11-8-20(9-12-32)23-5-3-4-21-10-13-36-26(21)23/h3-8,10,13-14,18-19H,9,11-12,15-17H2,1-2H3/t18-,19+. The van der Waals surface area contributed by atoms with Crippen molar-refractivity contribution in [3.05, 3.63) is 65.3 Å². The van der Waals surface area contributed by atoms with E-state index in [0.29, 0.717) is 38.4 Å². The van der Waals surface area contributed by atoms with Crippen LogP contribution in [0.25, 0.3) is 15.7 Å². The fourth-order valence-corrected chi connectivity index (χ4v) is 6.21. The van der Waals surface area contributed by atoms with Crippen molar-refractivity contribution in [2.45, 2.75) is 38.5 Å². The van der Waals surface area contributed by atoms with Crippen LogP contribution in [0.3, 0.4) is 0 Å². The summed E-state index contributed by atoms with van der Waals surface area (Å²) in [5.41, 5.74) is 2.35. The first kappa shape index (κ1) is 24.8. The number of carbonyl (C=O) groups excluding carboxylic acids is 1. The van der Waals surface area contributed by atoms with Crippen LogP contribution < -0.4 is 4.90 Å². The lowest BCUT2D eigenvalue weighted by Crippen LogP contribution is -2.59. The van der Waals surface area contributed by atoms with Gasteiger partial charge in [0.1, 0.15) is 5.69 Å². The predicted molar refractivity (Wildman–Crippen MR) is 138 cm³/mol. The highest BCUT2D eigenvalue weighted by atomic mass is 32.1. The summed E-state index contributed by atoms with van der Waals surface area (Å²) >= 11 is 1.75. The molecule has 36 heavy (non-hydrogen) atoms. The Balaban J connectivity index is 1.20. The molecule has 0 bridgehead atoms. The minimum Gasteiger partial charge on any atom is -0.367 e. The van der Waals surface area contributed by atoms with Crippen molar-refractivity contribution >= 4 is 38.6 Å². The average molecular weight is 515 g/mol. The number of thiophene rings is 1. The molecule has 9 heteroatoms. The number of fused-ring (bicyclic) bond motifs is 1. The Kier molecular flexibility index (Phi) is 6.78. The molecule has 1 saturated heterocycles. The lowest BCUT2D eigenvalue weighted by molar-refractivity contribution is -0.141. The van der Waals surface area contributed by atoms with Gasteiger partial charge in [-0.15, -0.1) is 11.3 Å². The number of piperazine rings is 1. The van der Waals surface area contributed by atoms with Crippen molar-refractivity contribution in [3.8, 4) is 0 Å². The van der Waals surface area contributed by atoms with Gasteiger partial charge < -0.3 is 9.80 Å². The third-order valence-corrected chi connectivity index (χ3v) is 8.17. The molecule has 1 fully saturated rings. The Bertz CT molecular complexity index is 1260. The number of rotatable bonds is 4. The number of nitrogens with zero attached hydrogens (tertiary/aromatic N) is 4. The van der Waals surface area contributed by atoms with Crippen LogP contribution in [0.2, 0.25) is 0 Å². The van der Waals surface area contributed by atoms with Crippen LogP contribution in [0, 0.1) is 0 Å². The third kappa shape index (κ3) is 4.99. The summed E-state index contributed by atoms with van der Waals surface area (Å²) in [6.45, 7) is 7.01. The highest BCUT2D eigenvalue weighted by Gasteiger charge is 2.34. The molecular weight excluding hydrogens is 485 g/mol. The van der Waals surface area contributed by atoms with E-state index in [1.165, 1.54) is 33.5 Å². The second kappa shape index (κ2) is 9.86. The van der Waals surface area contributed by atoms with Crippen molar-refractivity contribution in [3.63, 3.8) is 0 Å². The van der Waals surface area contributed by atoms with E-state index >= 15 is 0 Å². The van der Waals surface area contributed by atoms with Gasteiger partial charge in [0.05, 0.1) is 18.4 Å². The highest BCUT2D eigenvalue weighted by Crippen LogP contribution is 2.33. The third-order valence-electron chi connectivity index (χ3n) is 7.21. The number of hydrogen-bond donors (Lipinski definition) is 0. The summed E-state index contributed by atoms with van der Waals surface area (Å²) in [7, 11) is 0. The molecule has 0 N–H and O–H groups in total. The summed E-state index contributed by atoms with van der Waals surface area (Å²) in [4.78, 5) is 22.9. The van der Waals surface area contributed by atoms with E-state index in [1.54, 1.807) is 11.3 Å². The number of halogens is 3. The summed E-state index contributed by atoms with van der Waals surface area (Å²) in [6, 6.07) is 11.2. The molecule has 2 atom stereocenters. The van der Waals surface area contributed by atoms with Crippen molar-refractivity contribution in [2.24, 2.45) is 0 Å². The molecule has 0 saturated carbocycles. The van der Waals surface area contributed by atoms with Crippen LogP contribution >= 0.6 is 11.3 Å². The zero-order valence-corrected chi connectivity index (χ0v) is 21.1. The van der Waals surface area contributed by atoms with Gasteiger partial charge in [-0.1, -0.05) is 24.3 Å². The van der Waals surface area contributed by atoms with E-state index in [4.69, 9.17) is 0 Å². The molecule has 3 aromatic rings. The number of pyridine rings is 1. The van der Waals surface area contributed by atoms with Gasteiger partial charge in [0, 0.05) is 43.0 Å². The maximum atomic E-state index is 13.2. The first-order valence-electron chi connectivity index (χ1n) is 12.2. The van der Waals surface area contributed by atoms with Gasteiger partial charge in [-0.25, -0.2) is 4.98 Å². The molecule has 4 heterocycles. The van der Waals surface area contributed by atoms with Gasteiger partial charge in [-0.2, -0.15) is 13.2 Å². The van der Waals surface area contributed by atoms with Crippen LogP contribution in [-0.2, 0) is 11.0 Å². The number of carbonyl (C=O) groups is 1. The normalized spacial score (nSPS) is 21.6. The second-order valence-electron chi connectivity index (χ2n) is 9.64. The molecule has 0 spiro atoms. The quantitative estimate of drug-likeness (QED) is 0.459. The zero-order valence-electron chi connectivity index (χ0n) is 20.3. The van der Waals surface area contributed by atoms with Gasteiger partial charge in [-0.05, 0) is 60.4 Å². The van der Waals surface area contributed by atoms with Crippen LogP contribution in [0.15, 0.2) is 54.1 Å². The van der Waals surface area contributed by atoms with Crippen molar-refractivity contribution in [1.29, 1.82) is 0 Å². The predicted octanol–water partition coefficient (Wildman–Crippen LogP) is 5.53. The van der Waals surface area contributed by atoms with Crippen molar-refractivity contribution in [2.75, 3.05) is 37.6 Å². The smallest absolute Gasteiger partial charge is 0.367 e. The molecule has 2 aliphatic heterocycles. The van der Waals surface area contributed by atoms with E-state index in [-0.39, 0.29) is 18.0 Å². The molecule has 1 amide bonds. The van der Waals surface area contributed by atoms with E-state index in [1.807, 2.05) is 9.80 Å². The van der Waals surface area contributed by atoms with Crippen LogP contribution in [-0.4, -0.2) is 65.5 Å². The van der Waals surface area contributed by atoms with Gasteiger partial charge in [0.15, 0.2) is 0 Å². The molecule has 0 aliphatic carbocycles. The Morgan fingerprint density at radius 3 is 2.53 bits per heavy atom. The first-order valence-corrected chi connectivity index (χ1v) is 13.1. The SMILES string of the molecule is C[C@@H]1CN(c2ccc(C(F)(F)F)nc2)C[C@H](C)N1CC(=O)N1CC=C(c2cccc3ccsc23)CC1. The minimum absolute atomic E-state index is 0.0762. The maximum Gasteiger partial charge on any atom is 0.433 e. The Morgan fingerprint density at radius 2 is 1.89 bits per heavy atom. The summed E-state index contributed by atoms with van der Waals surface area (Å²) in [5.74, 6) is 0.114. The number of benzene rings is 1. The fourth-order valence-electron chi connectivity index (χ4n) is 5.26. The monoisotopic (exact) mass is 514 g/mol. The topological polar surface area (TPSA) is 39.7 Å². The lowest BCUT2D eigenvalue weighted by Gasteiger charge is -2.45. The van der Waals surface area contributed by atoms with E-state index in [9.17, 15) is 18.0 Å². The summed E-state index contributed by atoms with van der Waals surface area (Å²) in [5, 5.41) is 3.37. The van der Waals surface area contributed by atoms with Crippen LogP contribution in [0.1, 0.15) is 31.5 Å². The maximum absolute atomic E-state index is 13.2. The van der Waals surface area contributed by atoms with Crippen molar-refractivity contribution in [1.82, 2.24) is 14.8 Å². The fraction of sp³-hybridized carbons (Fsp3) is 0.407. The van der Waals surface area contributed by atoms with Gasteiger partial charge in [0.2, 0.25) is 5.91 Å². The van der Waals surface area contributed by atoms with Gasteiger partial charge in [0.25, 0.3) is 0 Å². The highest BCUT2D eigenvalue weighted by molar-refractivity contribution is 7.17. The molecule has 1 aromatic carbocycles. The Labute approximate surface area is 212 Å². The van der Waals surface area contributed by atoms with Crippen LogP contribution in [0.4, 0.5) is 18.9 Å². The molecule has 2 aliphatic rings. The number of amides is 1. The van der Waals surface area contributed by atoms with Gasteiger partial charge >= 0.3 is 6.18 Å². The molecule has 0 unspecified atom stereocenters. The second-order valence-corrected chi connectivity index (χ2v) is 10.6. The molecular formula is C27H29F3N4OS.